The smallest absolute Gasteiger partial charge is 0.0702 e. The largest absolute Gasteiger partial charge is 0.256 e. The molecule has 1 heteroatoms. The predicted molar refractivity (Wildman–Crippen MR) is 112 cm³/mol. The molecule has 3 atom stereocenters. The van der Waals surface area contributed by atoms with Crippen molar-refractivity contribution in [3.8, 4) is 11.3 Å². The third-order valence-electron chi connectivity index (χ3n) is 6.44. The lowest BCUT2D eigenvalue weighted by Crippen LogP contribution is -2.22. The molecule has 0 bridgehead atoms. The molecule has 26 heavy (non-hydrogen) atoms. The second-order valence-electron chi connectivity index (χ2n) is 8.27. The second-order valence-corrected chi connectivity index (χ2v) is 8.27. The van der Waals surface area contributed by atoms with Gasteiger partial charge in [0.25, 0.3) is 0 Å². The van der Waals surface area contributed by atoms with E-state index >= 15 is 0 Å². The van der Waals surface area contributed by atoms with Crippen LogP contribution in [0.2, 0.25) is 0 Å². The Hall–Kier alpha value is -1.63. The van der Waals surface area contributed by atoms with Gasteiger partial charge in [0.15, 0.2) is 0 Å². The molecule has 1 nitrogen and oxygen atoms in total. The summed E-state index contributed by atoms with van der Waals surface area (Å²) < 4.78 is 0. The van der Waals surface area contributed by atoms with Crippen molar-refractivity contribution in [2.75, 3.05) is 0 Å². The highest BCUT2D eigenvalue weighted by molar-refractivity contribution is 5.59. The Kier molecular flexibility index (Phi) is 6.88. The maximum atomic E-state index is 4.62. The van der Waals surface area contributed by atoms with E-state index in [9.17, 15) is 0 Å². The van der Waals surface area contributed by atoms with Crippen LogP contribution in [0, 0.1) is 11.8 Å². The van der Waals surface area contributed by atoms with Gasteiger partial charge in [0.2, 0.25) is 0 Å². The number of aryl methyl sites for hydroxylation is 1. The van der Waals surface area contributed by atoms with E-state index in [2.05, 4.69) is 62.2 Å². The van der Waals surface area contributed by atoms with Crippen LogP contribution < -0.4 is 0 Å². The Bertz CT molecular complexity index is 656. The van der Waals surface area contributed by atoms with E-state index < -0.39 is 0 Å². The lowest BCUT2D eigenvalue weighted by Gasteiger charge is -2.34. The van der Waals surface area contributed by atoms with Gasteiger partial charge in [0, 0.05) is 11.8 Å². The Morgan fingerprint density at radius 1 is 0.962 bits per heavy atom. The van der Waals surface area contributed by atoms with Crippen LogP contribution >= 0.6 is 0 Å². The van der Waals surface area contributed by atoms with Crippen molar-refractivity contribution >= 4 is 0 Å². The van der Waals surface area contributed by atoms with Gasteiger partial charge in [-0.05, 0) is 60.6 Å². The number of rotatable bonds is 7. The monoisotopic (exact) mass is 349 g/mol. The van der Waals surface area contributed by atoms with Crippen LogP contribution in [0.25, 0.3) is 11.3 Å². The minimum atomic E-state index is 0.747. The Morgan fingerprint density at radius 2 is 1.77 bits per heavy atom. The van der Waals surface area contributed by atoms with Crippen molar-refractivity contribution < 1.29 is 0 Å². The zero-order valence-electron chi connectivity index (χ0n) is 16.9. The first-order valence-corrected chi connectivity index (χ1v) is 10.8. The van der Waals surface area contributed by atoms with E-state index in [1.165, 1.54) is 61.6 Å². The standard InChI is InChI=1S/C25H35N/c1-4-6-7-8-21-10-15-24(17-19(21)3)22-11-13-23(14-12-22)25-16-9-20(5-2)18-26-25/h9,11-14,16,18-19,21,24H,4-8,10,15,17H2,1-3H3/t19-,21+,24+/m0/s1. The van der Waals surface area contributed by atoms with Gasteiger partial charge < -0.3 is 0 Å². The average Bonchev–Trinajstić information content (AvgIpc) is 2.69. The molecule has 0 unspecified atom stereocenters. The zero-order chi connectivity index (χ0) is 18.4. The molecule has 1 aromatic heterocycles. The van der Waals surface area contributed by atoms with Crippen LogP contribution in [0.1, 0.15) is 82.8 Å². The summed E-state index contributed by atoms with van der Waals surface area (Å²) in [5.74, 6) is 2.57. The molecule has 0 radical (unpaired) electrons. The van der Waals surface area contributed by atoms with E-state index in [0.29, 0.717) is 0 Å². The fraction of sp³-hybridized carbons (Fsp3) is 0.560. The highest BCUT2D eigenvalue weighted by atomic mass is 14.7. The molecule has 0 aliphatic heterocycles. The van der Waals surface area contributed by atoms with Crippen molar-refractivity contribution in [1.29, 1.82) is 0 Å². The van der Waals surface area contributed by atoms with Crippen LogP contribution in [-0.4, -0.2) is 4.98 Å². The summed E-state index contributed by atoms with van der Waals surface area (Å²) in [4.78, 5) is 4.62. The van der Waals surface area contributed by atoms with Gasteiger partial charge >= 0.3 is 0 Å². The highest BCUT2D eigenvalue weighted by Crippen LogP contribution is 2.41. The number of hydrogen-bond acceptors (Lipinski definition) is 1. The molecule has 0 amide bonds. The first-order chi connectivity index (χ1) is 12.7. The molecule has 1 aromatic carbocycles. The van der Waals surface area contributed by atoms with E-state index in [-0.39, 0.29) is 0 Å². The molecule has 1 heterocycles. The number of benzene rings is 1. The van der Waals surface area contributed by atoms with Crippen molar-refractivity contribution in [2.24, 2.45) is 11.8 Å². The normalized spacial score (nSPS) is 23.1. The lowest BCUT2D eigenvalue weighted by molar-refractivity contribution is 0.215. The van der Waals surface area contributed by atoms with Gasteiger partial charge in [-0.3, -0.25) is 4.98 Å². The first-order valence-electron chi connectivity index (χ1n) is 10.8. The summed E-state index contributed by atoms with van der Waals surface area (Å²) in [6, 6.07) is 13.6. The molecular formula is C25H35N. The lowest BCUT2D eigenvalue weighted by atomic mass is 9.71. The van der Waals surface area contributed by atoms with E-state index in [0.717, 1.165) is 29.9 Å². The average molecular weight is 350 g/mol. The van der Waals surface area contributed by atoms with Crippen LogP contribution in [0.15, 0.2) is 42.6 Å². The van der Waals surface area contributed by atoms with Gasteiger partial charge in [-0.2, -0.15) is 0 Å². The van der Waals surface area contributed by atoms with E-state index in [1.54, 1.807) is 0 Å². The van der Waals surface area contributed by atoms with Gasteiger partial charge in [-0.15, -0.1) is 0 Å². The maximum absolute atomic E-state index is 4.62. The molecule has 1 aliphatic rings. The zero-order valence-corrected chi connectivity index (χ0v) is 16.9. The third-order valence-corrected chi connectivity index (χ3v) is 6.44. The van der Waals surface area contributed by atoms with Gasteiger partial charge in [-0.25, -0.2) is 0 Å². The quantitative estimate of drug-likeness (QED) is 0.474. The van der Waals surface area contributed by atoms with Gasteiger partial charge in [0.05, 0.1) is 5.69 Å². The van der Waals surface area contributed by atoms with Crippen LogP contribution in [0.5, 0.6) is 0 Å². The Balaban J connectivity index is 1.60. The molecule has 3 rings (SSSR count). The van der Waals surface area contributed by atoms with Crippen molar-refractivity contribution in [3.63, 3.8) is 0 Å². The number of pyridine rings is 1. The molecule has 1 saturated carbocycles. The highest BCUT2D eigenvalue weighted by Gasteiger charge is 2.27. The molecule has 1 fully saturated rings. The summed E-state index contributed by atoms with van der Waals surface area (Å²) in [5.41, 5.74) is 5.15. The fourth-order valence-electron chi connectivity index (χ4n) is 4.58. The van der Waals surface area contributed by atoms with Gasteiger partial charge in [0.1, 0.15) is 0 Å². The SMILES string of the molecule is CCCCC[C@@H]1CC[C@@H](c2ccc(-c3ccc(CC)cn3)cc2)C[C@@H]1C. The number of aromatic nitrogens is 1. The summed E-state index contributed by atoms with van der Waals surface area (Å²) >= 11 is 0. The third kappa shape index (κ3) is 4.75. The molecule has 0 N–H and O–H groups in total. The van der Waals surface area contributed by atoms with Crippen LogP contribution in [0.3, 0.4) is 0 Å². The van der Waals surface area contributed by atoms with Crippen LogP contribution in [-0.2, 0) is 6.42 Å². The Labute approximate surface area is 160 Å². The number of nitrogens with zero attached hydrogens (tertiary/aromatic N) is 1. The van der Waals surface area contributed by atoms with Crippen molar-refractivity contribution in [2.45, 2.75) is 78.1 Å². The minimum absolute atomic E-state index is 0.747. The summed E-state index contributed by atoms with van der Waals surface area (Å²) in [6.07, 6.45) is 12.8. The minimum Gasteiger partial charge on any atom is -0.256 e. The van der Waals surface area contributed by atoms with Crippen LogP contribution in [0.4, 0.5) is 0 Å². The fourth-order valence-corrected chi connectivity index (χ4v) is 4.58. The summed E-state index contributed by atoms with van der Waals surface area (Å²) in [5, 5.41) is 0. The van der Waals surface area contributed by atoms with Gasteiger partial charge in [-0.1, -0.05) is 76.8 Å². The van der Waals surface area contributed by atoms with E-state index in [4.69, 9.17) is 0 Å². The predicted octanol–water partition coefficient (Wildman–Crippen LogP) is 7.41. The Morgan fingerprint density at radius 3 is 2.38 bits per heavy atom. The maximum Gasteiger partial charge on any atom is 0.0702 e. The number of hydrogen-bond donors (Lipinski definition) is 0. The topological polar surface area (TPSA) is 12.9 Å². The van der Waals surface area contributed by atoms with Crippen molar-refractivity contribution in [3.05, 3.63) is 53.7 Å². The molecular weight excluding hydrogens is 314 g/mol. The summed E-state index contributed by atoms with van der Waals surface area (Å²) in [7, 11) is 0. The molecule has 0 saturated heterocycles. The molecule has 0 spiro atoms. The molecule has 2 aromatic rings. The summed E-state index contributed by atoms with van der Waals surface area (Å²) in [6.45, 7) is 6.96. The number of unbranched alkanes of at least 4 members (excludes halogenated alkanes) is 2. The molecule has 140 valence electrons. The van der Waals surface area contributed by atoms with Crippen molar-refractivity contribution in [1.82, 2.24) is 4.98 Å². The van der Waals surface area contributed by atoms with E-state index in [1.807, 2.05) is 6.20 Å². The second kappa shape index (κ2) is 9.35. The first kappa shape index (κ1) is 19.1. The molecule has 1 aliphatic carbocycles.